The van der Waals surface area contributed by atoms with Gasteiger partial charge in [0, 0.05) is 57.1 Å². The van der Waals surface area contributed by atoms with Crippen LogP contribution in [0.4, 0.5) is 0 Å². The molecule has 2 aromatic carbocycles. The van der Waals surface area contributed by atoms with Gasteiger partial charge in [-0.2, -0.15) is 0 Å². The number of carbonyl (C=O) groups is 1. The maximum absolute atomic E-state index is 11.7. The Balaban J connectivity index is 0.000000334. The molecule has 0 unspecified atom stereocenters. The molecule has 0 saturated heterocycles. The predicted octanol–water partition coefficient (Wildman–Crippen LogP) is 9.96. The molecule has 1 heterocycles. The van der Waals surface area contributed by atoms with Crippen molar-refractivity contribution in [3.63, 3.8) is 0 Å². The predicted molar refractivity (Wildman–Crippen MR) is 171 cm³/mol. The van der Waals surface area contributed by atoms with Crippen molar-refractivity contribution in [2.45, 2.75) is 105 Å². The summed E-state index contributed by atoms with van der Waals surface area (Å²) in [6, 6.07) is 16.4. The van der Waals surface area contributed by atoms with Gasteiger partial charge < -0.3 is 14.9 Å². The summed E-state index contributed by atoms with van der Waals surface area (Å²) >= 11 is 0. The van der Waals surface area contributed by atoms with Crippen LogP contribution in [0.1, 0.15) is 95.8 Å². The summed E-state index contributed by atoms with van der Waals surface area (Å²) in [5.74, 6) is 0.547. The van der Waals surface area contributed by atoms with Gasteiger partial charge >= 0.3 is 0 Å². The van der Waals surface area contributed by atoms with Crippen LogP contribution >= 0.6 is 0 Å². The number of aromatic nitrogens is 1. The van der Waals surface area contributed by atoms with E-state index in [0.717, 1.165) is 67.2 Å². The topological polar surface area (TPSA) is 54.5 Å². The Labute approximate surface area is 267 Å². The van der Waals surface area contributed by atoms with Gasteiger partial charge in [0.1, 0.15) is 0 Å². The van der Waals surface area contributed by atoms with Crippen molar-refractivity contribution in [3.8, 4) is 11.3 Å². The zero-order valence-corrected chi connectivity index (χ0v) is 28.6. The van der Waals surface area contributed by atoms with E-state index in [-0.39, 0.29) is 49.0 Å². The molecule has 42 heavy (non-hydrogen) atoms. The molecule has 1 N–H and O–H groups in total. The van der Waals surface area contributed by atoms with Gasteiger partial charge in [0.2, 0.25) is 5.54 Å². The van der Waals surface area contributed by atoms with Gasteiger partial charge in [0.05, 0.1) is 12.2 Å². The molecular formula is C37H47IrN2O2-. The number of allylic oxidation sites excluding steroid dienone is 2. The quantitative estimate of drug-likeness (QED) is 0.128. The molecule has 4 rings (SSSR count). The van der Waals surface area contributed by atoms with E-state index in [0.29, 0.717) is 0 Å². The number of benzene rings is 2. The van der Waals surface area contributed by atoms with E-state index >= 15 is 0 Å². The molecule has 0 atom stereocenters. The molecule has 227 valence electrons. The van der Waals surface area contributed by atoms with Gasteiger partial charge in [0.25, 0.3) is 0 Å². The van der Waals surface area contributed by atoms with Gasteiger partial charge in [-0.05, 0) is 66.6 Å². The second kappa shape index (κ2) is 16.7. The molecule has 1 fully saturated rings. The molecule has 0 bridgehead atoms. The standard InChI is InChI=1S/C24H23N2.C13H24O2.Ir/c1-17-12-18(2)14-21(13-17)23-22-7-6-19(15-20(22)8-11-26-23)16-24(25-3)9-4-5-10-24;1-5-10(6-2)12(14)9-13(15)11(7-3)8-4;/h6-8,11-13,15H,4-5,9-10,16H2,1-2H3;9-11,14H,5-8H2,1-4H3;/q-1;;/b;12-9-;. The Bertz CT molecular complexity index is 1370. The zero-order valence-electron chi connectivity index (χ0n) is 26.2. The Kier molecular flexibility index (Phi) is 14.1. The Morgan fingerprint density at radius 3 is 2.24 bits per heavy atom. The van der Waals surface area contributed by atoms with E-state index in [1.165, 1.54) is 35.4 Å². The second-order valence-corrected chi connectivity index (χ2v) is 11.7. The van der Waals surface area contributed by atoms with Crippen LogP contribution in [0.25, 0.3) is 26.9 Å². The summed E-state index contributed by atoms with van der Waals surface area (Å²) in [5.41, 5.74) is 5.49. The number of hydrogen-bond acceptors (Lipinski definition) is 3. The van der Waals surface area contributed by atoms with E-state index < -0.39 is 0 Å². The van der Waals surface area contributed by atoms with Crippen LogP contribution in [0.15, 0.2) is 54.4 Å². The zero-order chi connectivity index (χ0) is 30.0. The first-order chi connectivity index (χ1) is 19.7. The Hall–Kier alpha value is -2.80. The first-order valence-electron chi connectivity index (χ1n) is 15.4. The monoisotopic (exact) mass is 744 g/mol. The third-order valence-electron chi connectivity index (χ3n) is 8.62. The van der Waals surface area contributed by atoms with Gasteiger partial charge in [-0.3, -0.25) is 4.79 Å². The van der Waals surface area contributed by atoms with Crippen molar-refractivity contribution >= 4 is 16.6 Å². The number of aliphatic hydroxyl groups is 1. The fourth-order valence-electron chi connectivity index (χ4n) is 6.10. The van der Waals surface area contributed by atoms with Gasteiger partial charge in [-0.1, -0.05) is 59.7 Å². The minimum absolute atomic E-state index is 0. The maximum Gasteiger partial charge on any atom is 0.236 e. The maximum atomic E-state index is 11.7. The number of carbonyl (C=O) groups excluding carboxylic acids is 1. The van der Waals surface area contributed by atoms with E-state index in [1.54, 1.807) is 0 Å². The van der Waals surface area contributed by atoms with Gasteiger partial charge in [0.15, 0.2) is 5.78 Å². The van der Waals surface area contributed by atoms with Crippen LogP contribution in [0.3, 0.4) is 0 Å². The number of hydrogen-bond donors (Lipinski definition) is 1. The minimum Gasteiger partial charge on any atom is -0.512 e. The van der Waals surface area contributed by atoms with Crippen LogP contribution in [-0.4, -0.2) is 21.4 Å². The third kappa shape index (κ3) is 9.10. The van der Waals surface area contributed by atoms with Crippen molar-refractivity contribution in [1.82, 2.24) is 4.98 Å². The fraction of sp³-hybridized carbons (Fsp3) is 0.486. The van der Waals surface area contributed by atoms with Crippen molar-refractivity contribution in [3.05, 3.63) is 88.6 Å². The first-order valence-corrected chi connectivity index (χ1v) is 15.4. The third-order valence-corrected chi connectivity index (χ3v) is 8.62. The van der Waals surface area contributed by atoms with Crippen molar-refractivity contribution in [2.75, 3.05) is 0 Å². The number of aliphatic hydroxyl groups excluding tert-OH is 1. The molecule has 0 aliphatic heterocycles. The van der Waals surface area contributed by atoms with E-state index in [9.17, 15) is 9.90 Å². The Morgan fingerprint density at radius 1 is 1.02 bits per heavy atom. The molecule has 1 aliphatic carbocycles. The van der Waals surface area contributed by atoms with Crippen molar-refractivity contribution in [2.24, 2.45) is 11.8 Å². The van der Waals surface area contributed by atoms with E-state index in [1.807, 2.05) is 33.9 Å². The molecule has 0 spiro atoms. The smallest absolute Gasteiger partial charge is 0.236 e. The van der Waals surface area contributed by atoms with Crippen molar-refractivity contribution in [1.29, 1.82) is 0 Å². The fourth-order valence-corrected chi connectivity index (χ4v) is 6.10. The molecule has 3 aromatic rings. The molecule has 1 radical (unpaired) electrons. The SMILES string of the molecule is CCC(CC)C(=O)/C=C(\O)C(CC)CC.[C-]#[N+]C1(Cc2ccc3c(-c4[c-]c(C)cc(C)c4)nccc3c2)CCCC1.[Ir]. The van der Waals surface area contributed by atoms with Crippen molar-refractivity contribution < 1.29 is 30.0 Å². The molecule has 4 nitrogen and oxygen atoms in total. The number of fused-ring (bicyclic) bond motifs is 1. The molecule has 1 aromatic heterocycles. The molecule has 5 heteroatoms. The average Bonchev–Trinajstić information content (AvgIpc) is 3.42. The average molecular weight is 744 g/mol. The summed E-state index contributed by atoms with van der Waals surface area (Å²) < 4.78 is 0. The van der Waals surface area contributed by atoms with Gasteiger partial charge in [-0.15, -0.1) is 34.9 Å². The number of rotatable bonds is 10. The number of aryl methyl sites for hydroxylation is 2. The van der Waals surface area contributed by atoms with Crippen LogP contribution in [0, 0.1) is 38.3 Å². The number of pyridine rings is 1. The van der Waals surface area contributed by atoms with E-state index in [2.05, 4.69) is 66.1 Å². The van der Waals surface area contributed by atoms with Crippen LogP contribution in [0.5, 0.6) is 0 Å². The summed E-state index contributed by atoms with van der Waals surface area (Å²) in [4.78, 5) is 20.4. The molecule has 1 saturated carbocycles. The molecular weight excluding hydrogens is 697 g/mol. The molecule has 0 amide bonds. The number of ketones is 1. The second-order valence-electron chi connectivity index (χ2n) is 11.7. The largest absolute Gasteiger partial charge is 0.512 e. The summed E-state index contributed by atoms with van der Waals surface area (Å²) in [6.45, 7) is 19.9. The molecule has 1 aliphatic rings. The van der Waals surface area contributed by atoms with Crippen LogP contribution < -0.4 is 0 Å². The van der Waals surface area contributed by atoms with E-state index in [4.69, 9.17) is 6.57 Å². The van der Waals surface area contributed by atoms with Gasteiger partial charge in [-0.25, -0.2) is 6.57 Å². The summed E-state index contributed by atoms with van der Waals surface area (Å²) in [7, 11) is 0. The summed E-state index contributed by atoms with van der Waals surface area (Å²) in [6.07, 6.45) is 12.1. The van der Waals surface area contributed by atoms with Crippen LogP contribution in [-0.2, 0) is 31.3 Å². The number of nitrogens with zero attached hydrogens (tertiary/aromatic N) is 2. The minimum atomic E-state index is -0.176. The normalized spacial score (nSPS) is 14.3. The summed E-state index contributed by atoms with van der Waals surface area (Å²) in [5, 5.41) is 12.1. The Morgan fingerprint density at radius 2 is 1.67 bits per heavy atom. The first kappa shape index (κ1) is 35.4. The van der Waals surface area contributed by atoms with Crippen LogP contribution in [0.2, 0.25) is 0 Å².